The summed E-state index contributed by atoms with van der Waals surface area (Å²) in [7, 11) is 0. The fourth-order valence-electron chi connectivity index (χ4n) is 3.97. The largest absolute Gasteiger partial charge is 0.418 e. The van der Waals surface area contributed by atoms with E-state index in [9.17, 15) is 13.2 Å². The van der Waals surface area contributed by atoms with Crippen molar-refractivity contribution < 1.29 is 13.2 Å². The van der Waals surface area contributed by atoms with Crippen LogP contribution in [0, 0.1) is 5.92 Å². The molecule has 174 valence electrons. The van der Waals surface area contributed by atoms with E-state index in [0.717, 1.165) is 18.9 Å². The van der Waals surface area contributed by atoms with E-state index < -0.39 is 11.7 Å². The van der Waals surface area contributed by atoms with E-state index in [0.29, 0.717) is 45.4 Å². The summed E-state index contributed by atoms with van der Waals surface area (Å²) in [5.41, 5.74) is 0.191. The summed E-state index contributed by atoms with van der Waals surface area (Å²) in [6.45, 7) is 2.56. The van der Waals surface area contributed by atoms with E-state index in [1.807, 2.05) is 11.8 Å². The monoisotopic (exact) mass is 529 g/mol. The summed E-state index contributed by atoms with van der Waals surface area (Å²) in [5.74, 6) is 1.27. The van der Waals surface area contributed by atoms with Crippen molar-refractivity contribution in [2.45, 2.75) is 32.0 Å². The third-order valence-electron chi connectivity index (χ3n) is 5.78. The molecule has 7 nitrogen and oxygen atoms in total. The smallest absolute Gasteiger partial charge is 0.347 e. The van der Waals surface area contributed by atoms with Crippen LogP contribution in [0.5, 0.6) is 0 Å². The molecule has 34 heavy (non-hydrogen) atoms. The van der Waals surface area contributed by atoms with Crippen LogP contribution in [-0.2, 0) is 6.18 Å². The molecule has 5 rings (SSSR count). The van der Waals surface area contributed by atoms with E-state index in [1.165, 1.54) is 6.33 Å². The number of aromatic nitrogens is 6. The lowest BCUT2D eigenvalue weighted by atomic mass is 10.1. The summed E-state index contributed by atoms with van der Waals surface area (Å²) >= 11 is 3.23. The number of fused-ring (bicyclic) bond motifs is 1. The van der Waals surface area contributed by atoms with Crippen molar-refractivity contribution in [1.29, 1.82) is 0 Å². The molecule has 0 amide bonds. The minimum Gasteiger partial charge on any atom is -0.347 e. The number of anilines is 1. The number of benzene rings is 1. The van der Waals surface area contributed by atoms with Gasteiger partial charge >= 0.3 is 6.18 Å². The van der Waals surface area contributed by atoms with Crippen LogP contribution in [0.4, 0.5) is 19.0 Å². The van der Waals surface area contributed by atoms with Crippen molar-refractivity contribution in [1.82, 2.24) is 29.9 Å². The minimum atomic E-state index is -4.55. The first-order valence-corrected chi connectivity index (χ1v) is 11.5. The van der Waals surface area contributed by atoms with Gasteiger partial charge in [-0.1, -0.05) is 15.9 Å². The SMILES string of the molecule is CC(c1nccnc1-c1ncccn1)N(CC1CC1)c1ncnc2c(C(F)(F)F)cc(Br)cc12. The molecule has 11 heteroatoms. The van der Waals surface area contributed by atoms with E-state index >= 15 is 0 Å². The number of alkyl halides is 3. The maximum atomic E-state index is 13.8. The molecule has 0 aliphatic heterocycles. The lowest BCUT2D eigenvalue weighted by Gasteiger charge is -2.31. The zero-order valence-corrected chi connectivity index (χ0v) is 19.6. The molecule has 1 atom stereocenters. The number of halogens is 4. The predicted molar refractivity (Wildman–Crippen MR) is 124 cm³/mol. The van der Waals surface area contributed by atoms with Gasteiger partial charge in [0.15, 0.2) is 5.82 Å². The normalized spacial score (nSPS) is 14.9. The Morgan fingerprint density at radius 3 is 2.44 bits per heavy atom. The molecule has 0 bridgehead atoms. The molecule has 1 saturated carbocycles. The summed E-state index contributed by atoms with van der Waals surface area (Å²) < 4.78 is 41.7. The molecule has 1 aliphatic carbocycles. The number of nitrogens with zero attached hydrogens (tertiary/aromatic N) is 7. The van der Waals surface area contributed by atoms with Crippen molar-refractivity contribution >= 4 is 32.7 Å². The predicted octanol–water partition coefficient (Wildman–Crippen LogP) is 5.64. The first-order chi connectivity index (χ1) is 16.3. The maximum Gasteiger partial charge on any atom is 0.418 e. The van der Waals surface area contributed by atoms with Crippen LogP contribution >= 0.6 is 15.9 Å². The maximum absolute atomic E-state index is 13.8. The van der Waals surface area contributed by atoms with E-state index in [1.54, 1.807) is 36.9 Å². The highest BCUT2D eigenvalue weighted by atomic mass is 79.9. The molecule has 4 aromatic rings. The van der Waals surface area contributed by atoms with Crippen LogP contribution in [0.2, 0.25) is 0 Å². The Labute approximate surface area is 201 Å². The Bertz CT molecular complexity index is 1330. The first kappa shape index (κ1) is 22.6. The Morgan fingerprint density at radius 2 is 1.74 bits per heavy atom. The average Bonchev–Trinajstić information content (AvgIpc) is 3.66. The van der Waals surface area contributed by atoms with Crippen molar-refractivity contribution in [3.63, 3.8) is 0 Å². The first-order valence-electron chi connectivity index (χ1n) is 10.7. The van der Waals surface area contributed by atoms with Crippen LogP contribution < -0.4 is 4.90 Å². The molecule has 0 saturated heterocycles. The van der Waals surface area contributed by atoms with Gasteiger partial charge in [-0.3, -0.25) is 4.98 Å². The number of hydrogen-bond acceptors (Lipinski definition) is 7. The van der Waals surface area contributed by atoms with E-state index in [2.05, 4.69) is 45.8 Å². The fraction of sp³-hybridized carbons (Fsp3) is 0.304. The molecule has 1 aliphatic rings. The highest BCUT2D eigenvalue weighted by molar-refractivity contribution is 9.10. The fourth-order valence-corrected chi connectivity index (χ4v) is 4.42. The van der Waals surface area contributed by atoms with Gasteiger partial charge in [0.1, 0.15) is 17.8 Å². The van der Waals surface area contributed by atoms with Gasteiger partial charge in [-0.25, -0.2) is 24.9 Å². The minimum absolute atomic E-state index is 0.139. The van der Waals surface area contributed by atoms with Gasteiger partial charge < -0.3 is 4.90 Å². The highest BCUT2D eigenvalue weighted by Crippen LogP contribution is 2.41. The molecule has 0 spiro atoms. The van der Waals surface area contributed by atoms with Crippen molar-refractivity contribution in [3.05, 3.63) is 65.0 Å². The molecule has 0 radical (unpaired) electrons. The third-order valence-corrected chi connectivity index (χ3v) is 6.24. The molecule has 3 aromatic heterocycles. The van der Waals surface area contributed by atoms with Crippen LogP contribution in [0.1, 0.15) is 37.1 Å². The second-order valence-electron chi connectivity index (χ2n) is 8.18. The van der Waals surface area contributed by atoms with Gasteiger partial charge in [0.2, 0.25) is 0 Å². The van der Waals surface area contributed by atoms with Crippen LogP contribution in [0.3, 0.4) is 0 Å². The summed E-state index contributed by atoms with van der Waals surface area (Å²) in [5, 5.41) is 0.318. The Morgan fingerprint density at radius 1 is 1.00 bits per heavy atom. The van der Waals surface area contributed by atoms with Gasteiger partial charge in [0, 0.05) is 41.2 Å². The second kappa shape index (κ2) is 8.86. The number of rotatable bonds is 6. The van der Waals surface area contributed by atoms with Gasteiger partial charge in [0.05, 0.1) is 22.8 Å². The van der Waals surface area contributed by atoms with E-state index in [-0.39, 0.29) is 11.6 Å². The van der Waals surface area contributed by atoms with Crippen molar-refractivity contribution in [2.24, 2.45) is 5.92 Å². The molecule has 3 heterocycles. The van der Waals surface area contributed by atoms with Gasteiger partial charge in [-0.2, -0.15) is 13.2 Å². The number of hydrogen-bond donors (Lipinski definition) is 0. The second-order valence-corrected chi connectivity index (χ2v) is 9.09. The Balaban J connectivity index is 1.67. The Kier molecular flexibility index (Phi) is 5.88. The Hall–Kier alpha value is -3.21. The summed E-state index contributed by atoms with van der Waals surface area (Å²) in [6.07, 6.45) is 5.15. The standard InChI is InChI=1S/C23H19BrF3N7/c1-13(18-20(29-8-7-28-18)21-30-5-2-6-31-21)34(11-14-3-4-14)22-16-9-15(24)10-17(23(25,26)27)19(16)32-12-33-22/h2,5-10,12-14H,3-4,11H2,1H3. The van der Waals surface area contributed by atoms with Crippen LogP contribution in [0.25, 0.3) is 22.4 Å². The quantitative estimate of drug-likeness (QED) is 0.320. The summed E-state index contributed by atoms with van der Waals surface area (Å²) in [6, 6.07) is 4.02. The van der Waals surface area contributed by atoms with Gasteiger partial charge in [0.25, 0.3) is 0 Å². The molecular weight excluding hydrogens is 511 g/mol. The lowest BCUT2D eigenvalue weighted by Crippen LogP contribution is -2.31. The van der Waals surface area contributed by atoms with Crippen molar-refractivity contribution in [3.8, 4) is 11.5 Å². The zero-order chi connectivity index (χ0) is 23.9. The van der Waals surface area contributed by atoms with Crippen molar-refractivity contribution in [2.75, 3.05) is 11.4 Å². The third kappa shape index (κ3) is 4.44. The zero-order valence-electron chi connectivity index (χ0n) is 18.0. The molecule has 1 fully saturated rings. The molecule has 1 aromatic carbocycles. The van der Waals surface area contributed by atoms with Crippen LogP contribution in [0.15, 0.2) is 53.8 Å². The van der Waals surface area contributed by atoms with E-state index in [4.69, 9.17) is 0 Å². The lowest BCUT2D eigenvalue weighted by molar-refractivity contribution is -0.136. The molecule has 0 N–H and O–H groups in total. The van der Waals surface area contributed by atoms with Gasteiger partial charge in [-0.05, 0) is 43.9 Å². The highest BCUT2D eigenvalue weighted by Gasteiger charge is 2.36. The molecule has 1 unspecified atom stereocenters. The average molecular weight is 530 g/mol. The molecular formula is C23H19BrF3N7. The van der Waals surface area contributed by atoms with Gasteiger partial charge in [-0.15, -0.1) is 0 Å². The van der Waals surface area contributed by atoms with Crippen LogP contribution in [-0.4, -0.2) is 36.4 Å². The summed E-state index contributed by atoms with van der Waals surface area (Å²) in [4.78, 5) is 28.1. The topological polar surface area (TPSA) is 80.6 Å².